The van der Waals surface area contributed by atoms with Crippen LogP contribution >= 0.6 is 34.7 Å². The highest BCUT2D eigenvalue weighted by Gasteiger charge is 2.62. The van der Waals surface area contributed by atoms with Crippen LogP contribution in [0.1, 0.15) is 47.5 Å². The van der Waals surface area contributed by atoms with E-state index < -0.39 is 41.0 Å². The predicted octanol–water partition coefficient (Wildman–Crippen LogP) is 5.58. The number of thiazole rings is 1. The number of likely N-dealkylation sites (tertiary alicyclic amines) is 1. The van der Waals surface area contributed by atoms with Crippen molar-refractivity contribution < 1.29 is 28.6 Å². The molecule has 1 aliphatic heterocycles. The SMILES string of the molecule is C=C[C@@H]1C[C@]1(NC(=O)[C@@H]1C[C@@H](Oc2cc(-c3csc(NC(C)C)n3)nc3c(Cl)c(OC)ccc23)CN1C(=O)[C@@H](NCl)C(C)(C)C)C(=O)OC. The van der Waals surface area contributed by atoms with E-state index >= 15 is 0 Å². The Morgan fingerprint density at radius 1 is 1.16 bits per heavy atom. The molecule has 3 aromatic rings. The molecular weight excluding hydrogens is 691 g/mol. The van der Waals surface area contributed by atoms with E-state index in [0.717, 1.165) is 5.13 Å². The number of aromatic nitrogens is 2. The maximum absolute atomic E-state index is 14.1. The van der Waals surface area contributed by atoms with Gasteiger partial charge in [-0.1, -0.05) is 38.4 Å². The fraction of sp³-hybridized carbons (Fsp3) is 0.500. The van der Waals surface area contributed by atoms with Crippen LogP contribution in [0.2, 0.25) is 5.02 Å². The third-order valence-corrected chi connectivity index (χ3v) is 10.2. The molecule has 1 saturated carbocycles. The zero-order chi connectivity index (χ0) is 35.8. The van der Waals surface area contributed by atoms with Crippen LogP contribution in [0, 0.1) is 11.3 Å². The number of carbonyl (C=O) groups is 3. The van der Waals surface area contributed by atoms with Crippen molar-refractivity contribution in [2.24, 2.45) is 11.3 Å². The largest absolute Gasteiger partial charge is 0.495 e. The number of methoxy groups -OCH3 is 2. The predicted molar refractivity (Wildman–Crippen MR) is 191 cm³/mol. The highest BCUT2D eigenvalue weighted by atomic mass is 35.5. The van der Waals surface area contributed by atoms with Gasteiger partial charge in [-0.25, -0.2) is 19.6 Å². The van der Waals surface area contributed by atoms with Gasteiger partial charge in [0.05, 0.1) is 32.0 Å². The highest BCUT2D eigenvalue weighted by molar-refractivity contribution is 7.14. The zero-order valence-corrected chi connectivity index (χ0v) is 30.9. The minimum atomic E-state index is -1.24. The van der Waals surface area contributed by atoms with Gasteiger partial charge in [-0.15, -0.1) is 17.9 Å². The Hall–Kier alpha value is -3.65. The molecule has 3 N–H and O–H groups in total. The van der Waals surface area contributed by atoms with Crippen LogP contribution in [0.15, 0.2) is 36.2 Å². The number of hydrogen-bond donors (Lipinski definition) is 3. The molecule has 0 radical (unpaired) electrons. The molecule has 5 rings (SSSR count). The average Bonchev–Trinajstić information content (AvgIpc) is 3.33. The number of anilines is 1. The molecule has 0 bridgehead atoms. The number of rotatable bonds is 12. The van der Waals surface area contributed by atoms with E-state index in [0.29, 0.717) is 45.2 Å². The molecule has 1 aliphatic carbocycles. The first kappa shape index (κ1) is 36.6. The lowest BCUT2D eigenvalue weighted by Crippen LogP contribution is -2.57. The van der Waals surface area contributed by atoms with Gasteiger partial charge in [-0.05, 0) is 49.6 Å². The number of nitrogens with one attached hydrogen (secondary N) is 3. The second-order valence-corrected chi connectivity index (χ2v) is 15.2. The molecule has 2 aliphatic rings. The second kappa shape index (κ2) is 14.3. The monoisotopic (exact) mass is 732 g/mol. The van der Waals surface area contributed by atoms with Crippen molar-refractivity contribution in [3.8, 4) is 22.9 Å². The fourth-order valence-electron chi connectivity index (χ4n) is 6.09. The lowest BCUT2D eigenvalue weighted by Gasteiger charge is -2.34. The topological polar surface area (TPSA) is 144 Å². The molecule has 2 fully saturated rings. The molecule has 0 spiro atoms. The van der Waals surface area contributed by atoms with E-state index in [2.05, 4.69) is 22.0 Å². The van der Waals surface area contributed by atoms with Gasteiger partial charge in [0.15, 0.2) is 5.13 Å². The summed E-state index contributed by atoms with van der Waals surface area (Å²) in [7, 11) is 2.80. The quantitative estimate of drug-likeness (QED) is 0.123. The van der Waals surface area contributed by atoms with Crippen molar-refractivity contribution >= 4 is 68.5 Å². The van der Waals surface area contributed by atoms with E-state index in [4.69, 9.17) is 47.6 Å². The minimum Gasteiger partial charge on any atom is -0.495 e. The summed E-state index contributed by atoms with van der Waals surface area (Å²) in [6.07, 6.45) is 1.47. The van der Waals surface area contributed by atoms with Crippen molar-refractivity contribution in [3.05, 3.63) is 41.3 Å². The van der Waals surface area contributed by atoms with Gasteiger partial charge in [0.2, 0.25) is 11.8 Å². The highest BCUT2D eigenvalue weighted by Crippen LogP contribution is 2.46. The molecule has 15 heteroatoms. The van der Waals surface area contributed by atoms with E-state index in [-0.39, 0.29) is 30.8 Å². The van der Waals surface area contributed by atoms with Crippen LogP contribution < -0.4 is 24.9 Å². The molecule has 1 saturated heterocycles. The normalized spacial score (nSPS) is 22.5. The van der Waals surface area contributed by atoms with Crippen LogP contribution in [0.3, 0.4) is 0 Å². The number of fused-ring (bicyclic) bond motifs is 1. The number of ether oxygens (including phenoxy) is 3. The number of carbonyl (C=O) groups excluding carboxylic acids is 3. The van der Waals surface area contributed by atoms with E-state index in [9.17, 15) is 14.4 Å². The number of benzene rings is 1. The summed E-state index contributed by atoms with van der Waals surface area (Å²) in [4.78, 5) is 54.4. The lowest BCUT2D eigenvalue weighted by atomic mass is 9.86. The third kappa shape index (κ3) is 7.30. The van der Waals surface area contributed by atoms with Gasteiger partial charge in [0, 0.05) is 35.2 Å². The number of amides is 2. The maximum Gasteiger partial charge on any atom is 0.332 e. The van der Waals surface area contributed by atoms with Crippen molar-refractivity contribution in [1.82, 2.24) is 25.0 Å². The van der Waals surface area contributed by atoms with E-state index in [1.165, 1.54) is 30.5 Å². The summed E-state index contributed by atoms with van der Waals surface area (Å²) in [6, 6.07) is 3.71. The first-order chi connectivity index (χ1) is 23.2. The molecule has 3 heterocycles. The number of esters is 1. The Balaban J connectivity index is 1.52. The lowest BCUT2D eigenvalue weighted by molar-refractivity contribution is -0.148. The number of halogens is 2. The van der Waals surface area contributed by atoms with E-state index in [1.807, 2.05) is 40.0 Å². The molecule has 5 atom stereocenters. The van der Waals surface area contributed by atoms with Crippen molar-refractivity contribution in [3.63, 3.8) is 0 Å². The fourth-order valence-corrected chi connectivity index (χ4v) is 7.64. The smallest absolute Gasteiger partial charge is 0.332 e. The first-order valence-electron chi connectivity index (χ1n) is 15.9. The van der Waals surface area contributed by atoms with Gasteiger partial charge in [-0.2, -0.15) is 0 Å². The van der Waals surface area contributed by atoms with E-state index in [1.54, 1.807) is 24.3 Å². The Morgan fingerprint density at radius 2 is 1.90 bits per heavy atom. The average molecular weight is 734 g/mol. The summed E-state index contributed by atoms with van der Waals surface area (Å²) in [5.41, 5.74) is -0.232. The molecular formula is C34H42Cl2N6O6S. The van der Waals surface area contributed by atoms with Gasteiger partial charge in [0.1, 0.15) is 45.9 Å². The van der Waals surface area contributed by atoms with Crippen LogP contribution in [0.25, 0.3) is 22.3 Å². The Morgan fingerprint density at radius 3 is 2.49 bits per heavy atom. The van der Waals surface area contributed by atoms with Crippen LogP contribution in [-0.4, -0.2) is 83.2 Å². The molecule has 1 aromatic carbocycles. The van der Waals surface area contributed by atoms with Crippen LogP contribution in [-0.2, 0) is 19.1 Å². The number of pyridine rings is 1. The van der Waals surface area contributed by atoms with Gasteiger partial charge in [-0.3, -0.25) is 9.59 Å². The van der Waals surface area contributed by atoms with Crippen molar-refractivity contribution in [1.29, 1.82) is 0 Å². The zero-order valence-electron chi connectivity index (χ0n) is 28.6. The molecule has 264 valence electrons. The number of hydrogen-bond acceptors (Lipinski definition) is 11. The first-order valence-corrected chi connectivity index (χ1v) is 17.6. The maximum atomic E-state index is 14.1. The van der Waals surface area contributed by atoms with Gasteiger partial charge in [0.25, 0.3) is 0 Å². The second-order valence-electron chi connectivity index (χ2n) is 13.7. The molecule has 0 unspecified atom stereocenters. The third-order valence-electron chi connectivity index (χ3n) is 8.80. The summed E-state index contributed by atoms with van der Waals surface area (Å²) >= 11 is 14.3. The summed E-state index contributed by atoms with van der Waals surface area (Å²) in [5, 5.41) is 9.74. The Kier molecular flexibility index (Phi) is 10.7. The summed E-state index contributed by atoms with van der Waals surface area (Å²) < 4.78 is 17.1. The Bertz CT molecular complexity index is 1760. The number of nitrogens with zero attached hydrogens (tertiary/aromatic N) is 3. The van der Waals surface area contributed by atoms with Crippen LogP contribution in [0.5, 0.6) is 11.5 Å². The van der Waals surface area contributed by atoms with Crippen molar-refractivity contribution in [2.75, 3.05) is 26.1 Å². The molecule has 49 heavy (non-hydrogen) atoms. The minimum absolute atomic E-state index is 0.0698. The standard InChI is InChI=1S/C34H42Cl2N6O6S/c1-9-18-14-34(18,31(45)47-8)40-29(43)23-12-19(15-42(23)30(44)28(41-36)33(4,5)6)48-25-13-21(22-16-49-32(39-22)37-17(2)3)38-27-20(25)10-11-24(46-7)26(27)35/h9-11,13,16-19,23,28,41H,1,12,14-15H2,2-8H3,(H,37,39)(H,40,43)/t18-,19-,23+,28-,34-/m1/s1. The summed E-state index contributed by atoms with van der Waals surface area (Å²) in [6.45, 7) is 13.5. The summed E-state index contributed by atoms with van der Waals surface area (Å²) in [5.74, 6) is -0.856. The van der Waals surface area contributed by atoms with Gasteiger partial charge < -0.3 is 29.7 Å². The Labute approximate surface area is 300 Å². The van der Waals surface area contributed by atoms with Crippen molar-refractivity contribution in [2.45, 2.75) is 77.2 Å². The molecule has 12 nitrogen and oxygen atoms in total. The molecule has 2 aromatic heterocycles. The molecule has 2 amide bonds. The van der Waals surface area contributed by atoms with Gasteiger partial charge >= 0.3 is 5.97 Å². The van der Waals surface area contributed by atoms with Crippen LogP contribution in [0.4, 0.5) is 5.13 Å².